The van der Waals surface area contributed by atoms with Gasteiger partial charge in [-0.1, -0.05) is 6.07 Å². The predicted molar refractivity (Wildman–Crippen MR) is 82.8 cm³/mol. The van der Waals surface area contributed by atoms with E-state index >= 15 is 0 Å². The number of piperidine rings is 1. The van der Waals surface area contributed by atoms with E-state index in [2.05, 4.69) is 36.3 Å². The smallest absolute Gasteiger partial charge is 0.222 e. The number of H-pyrrole nitrogens is 1. The van der Waals surface area contributed by atoms with Crippen LogP contribution in [0.1, 0.15) is 12.8 Å². The van der Waals surface area contributed by atoms with E-state index in [9.17, 15) is 4.79 Å². The Hall–Kier alpha value is -1.56. The van der Waals surface area contributed by atoms with Crippen LogP contribution in [0.15, 0.2) is 22.7 Å². The number of hydrogen-bond acceptors (Lipinski definition) is 3. The van der Waals surface area contributed by atoms with Crippen molar-refractivity contribution < 1.29 is 4.79 Å². The van der Waals surface area contributed by atoms with Crippen molar-refractivity contribution in [2.45, 2.75) is 12.8 Å². The molecular formula is C14H17BrN4O. The lowest BCUT2D eigenvalue weighted by molar-refractivity contribution is -0.125. The van der Waals surface area contributed by atoms with Crippen LogP contribution in [0.25, 0.3) is 10.9 Å². The van der Waals surface area contributed by atoms with Crippen LogP contribution >= 0.6 is 15.9 Å². The number of fused-ring (bicyclic) bond motifs is 1. The van der Waals surface area contributed by atoms with E-state index in [1.165, 1.54) is 0 Å². The molecular weight excluding hydrogens is 320 g/mol. The van der Waals surface area contributed by atoms with Gasteiger partial charge in [0.15, 0.2) is 5.82 Å². The van der Waals surface area contributed by atoms with Crippen molar-refractivity contribution in [2.24, 2.45) is 5.92 Å². The van der Waals surface area contributed by atoms with Crippen LogP contribution in [0.4, 0.5) is 5.82 Å². The number of benzene rings is 1. The van der Waals surface area contributed by atoms with E-state index in [1.807, 2.05) is 18.2 Å². The third kappa shape index (κ3) is 2.28. The van der Waals surface area contributed by atoms with Gasteiger partial charge in [-0.15, -0.1) is 0 Å². The maximum Gasteiger partial charge on any atom is 0.222 e. The van der Waals surface area contributed by atoms with Crippen LogP contribution in [-0.4, -0.2) is 36.2 Å². The lowest BCUT2D eigenvalue weighted by atomic mass is 9.96. The molecule has 106 valence electrons. The molecule has 20 heavy (non-hydrogen) atoms. The highest BCUT2D eigenvalue weighted by Crippen LogP contribution is 2.33. The number of anilines is 1. The molecule has 5 nitrogen and oxygen atoms in total. The first-order valence-corrected chi connectivity index (χ1v) is 7.59. The van der Waals surface area contributed by atoms with Gasteiger partial charge in [0.1, 0.15) is 0 Å². The first-order chi connectivity index (χ1) is 9.70. The van der Waals surface area contributed by atoms with Gasteiger partial charge in [0.25, 0.3) is 0 Å². The summed E-state index contributed by atoms with van der Waals surface area (Å²) in [5.41, 5.74) is 1.03. The molecule has 0 spiro atoms. The van der Waals surface area contributed by atoms with Crippen LogP contribution < -0.4 is 10.2 Å². The first-order valence-electron chi connectivity index (χ1n) is 6.80. The number of nitrogens with one attached hydrogen (secondary N) is 2. The van der Waals surface area contributed by atoms with Crippen LogP contribution in [0, 0.1) is 5.92 Å². The molecule has 0 atom stereocenters. The Kier molecular flexibility index (Phi) is 3.65. The molecule has 1 amide bonds. The van der Waals surface area contributed by atoms with E-state index in [0.717, 1.165) is 47.1 Å². The van der Waals surface area contributed by atoms with Crippen molar-refractivity contribution in [1.29, 1.82) is 0 Å². The van der Waals surface area contributed by atoms with Crippen molar-refractivity contribution >= 4 is 38.6 Å². The summed E-state index contributed by atoms with van der Waals surface area (Å²) in [5, 5.41) is 11.4. The fraction of sp³-hybridized carbons (Fsp3) is 0.429. The number of rotatable bonds is 2. The minimum Gasteiger partial charge on any atom is -0.359 e. The number of hydrogen-bond donors (Lipinski definition) is 2. The van der Waals surface area contributed by atoms with Crippen molar-refractivity contribution in [3.8, 4) is 0 Å². The minimum absolute atomic E-state index is 0.130. The average molecular weight is 337 g/mol. The van der Waals surface area contributed by atoms with Crippen molar-refractivity contribution in [1.82, 2.24) is 15.5 Å². The number of aromatic amines is 1. The summed E-state index contributed by atoms with van der Waals surface area (Å²) in [5.74, 6) is 1.26. The van der Waals surface area contributed by atoms with Crippen LogP contribution in [0.2, 0.25) is 0 Å². The summed E-state index contributed by atoms with van der Waals surface area (Å²) < 4.78 is 1.05. The highest BCUT2D eigenvalue weighted by atomic mass is 79.9. The summed E-state index contributed by atoms with van der Waals surface area (Å²) in [7, 11) is 1.70. The van der Waals surface area contributed by atoms with E-state index in [-0.39, 0.29) is 11.8 Å². The van der Waals surface area contributed by atoms with Crippen molar-refractivity contribution in [3.63, 3.8) is 0 Å². The van der Waals surface area contributed by atoms with Gasteiger partial charge in [0.2, 0.25) is 5.91 Å². The Balaban J connectivity index is 1.82. The molecule has 1 fully saturated rings. The number of nitrogens with zero attached hydrogens (tertiary/aromatic N) is 2. The van der Waals surface area contributed by atoms with Gasteiger partial charge in [-0.05, 0) is 40.9 Å². The zero-order valence-corrected chi connectivity index (χ0v) is 12.9. The van der Waals surface area contributed by atoms with E-state index < -0.39 is 0 Å². The second-order valence-electron chi connectivity index (χ2n) is 5.09. The van der Waals surface area contributed by atoms with Gasteiger partial charge >= 0.3 is 0 Å². The maximum atomic E-state index is 11.7. The van der Waals surface area contributed by atoms with E-state index in [0.29, 0.717) is 0 Å². The van der Waals surface area contributed by atoms with Gasteiger partial charge in [-0.3, -0.25) is 9.89 Å². The Labute approximate surface area is 125 Å². The molecule has 0 aliphatic carbocycles. The van der Waals surface area contributed by atoms with Gasteiger partial charge in [0, 0.05) is 30.5 Å². The van der Waals surface area contributed by atoms with Crippen LogP contribution in [0.5, 0.6) is 0 Å². The van der Waals surface area contributed by atoms with Crippen molar-refractivity contribution in [3.05, 3.63) is 22.7 Å². The molecule has 2 N–H and O–H groups in total. The first kappa shape index (κ1) is 13.4. The van der Waals surface area contributed by atoms with Gasteiger partial charge in [0.05, 0.1) is 10.9 Å². The third-order valence-electron chi connectivity index (χ3n) is 3.93. The van der Waals surface area contributed by atoms with Crippen LogP contribution in [-0.2, 0) is 4.79 Å². The average Bonchev–Trinajstić information content (AvgIpc) is 2.92. The molecule has 6 heteroatoms. The molecule has 1 aliphatic rings. The molecule has 1 aromatic heterocycles. The molecule has 0 bridgehead atoms. The van der Waals surface area contributed by atoms with E-state index in [4.69, 9.17) is 0 Å². The number of aromatic nitrogens is 2. The highest BCUT2D eigenvalue weighted by molar-refractivity contribution is 9.10. The lowest BCUT2D eigenvalue weighted by Crippen LogP contribution is -2.39. The monoisotopic (exact) mass is 336 g/mol. The second kappa shape index (κ2) is 5.44. The van der Waals surface area contributed by atoms with Gasteiger partial charge < -0.3 is 10.2 Å². The van der Waals surface area contributed by atoms with Gasteiger partial charge in [-0.25, -0.2) is 0 Å². The molecule has 3 rings (SSSR count). The molecule has 0 unspecified atom stereocenters. The Bertz CT molecular complexity index is 631. The predicted octanol–water partition coefficient (Wildman–Crippen LogP) is 2.29. The highest BCUT2D eigenvalue weighted by Gasteiger charge is 2.26. The molecule has 0 radical (unpaired) electrons. The molecule has 1 saturated heterocycles. The zero-order chi connectivity index (χ0) is 14.1. The van der Waals surface area contributed by atoms with Crippen LogP contribution in [0.3, 0.4) is 0 Å². The zero-order valence-electron chi connectivity index (χ0n) is 11.3. The fourth-order valence-electron chi connectivity index (χ4n) is 2.80. The molecule has 2 aromatic rings. The fourth-order valence-corrected chi connectivity index (χ4v) is 3.34. The van der Waals surface area contributed by atoms with Gasteiger partial charge in [-0.2, -0.15) is 5.10 Å². The summed E-state index contributed by atoms with van der Waals surface area (Å²) in [4.78, 5) is 13.9. The SMILES string of the molecule is CNC(=O)C1CCN(c2n[nH]c3cccc(Br)c23)CC1. The summed E-state index contributed by atoms with van der Waals surface area (Å²) >= 11 is 3.59. The summed E-state index contributed by atoms with van der Waals surface area (Å²) in [6.45, 7) is 1.72. The van der Waals surface area contributed by atoms with E-state index in [1.54, 1.807) is 7.05 Å². The topological polar surface area (TPSA) is 61.0 Å². The Morgan fingerprint density at radius 3 is 2.90 bits per heavy atom. The molecule has 2 heterocycles. The Morgan fingerprint density at radius 1 is 1.45 bits per heavy atom. The van der Waals surface area contributed by atoms with Crippen molar-refractivity contribution in [2.75, 3.05) is 25.0 Å². The quantitative estimate of drug-likeness (QED) is 0.884. The normalized spacial score (nSPS) is 16.6. The number of amides is 1. The number of halogens is 1. The minimum atomic E-state index is 0.130. The standard InChI is InChI=1S/C14H17BrN4O/c1-16-14(20)9-5-7-19(8-6-9)13-12-10(15)3-2-4-11(12)17-18-13/h2-4,9H,5-8H2,1H3,(H,16,20)(H,17,18). The summed E-state index contributed by atoms with van der Waals surface area (Å²) in [6.07, 6.45) is 1.75. The summed E-state index contributed by atoms with van der Waals surface area (Å²) in [6, 6.07) is 6.04. The number of carbonyl (C=O) groups is 1. The molecule has 0 saturated carbocycles. The second-order valence-corrected chi connectivity index (χ2v) is 5.94. The molecule has 1 aromatic carbocycles. The Morgan fingerprint density at radius 2 is 2.20 bits per heavy atom. The number of carbonyl (C=O) groups excluding carboxylic acids is 1. The molecule has 1 aliphatic heterocycles. The third-order valence-corrected chi connectivity index (χ3v) is 4.59. The largest absolute Gasteiger partial charge is 0.359 e. The lowest BCUT2D eigenvalue weighted by Gasteiger charge is -2.31. The maximum absolute atomic E-state index is 11.7.